The average molecular weight is 192 g/mol. The van der Waals surface area contributed by atoms with Crippen LogP contribution >= 0.6 is 0 Å². The van der Waals surface area contributed by atoms with Gasteiger partial charge in [-0.3, -0.25) is 4.90 Å². The summed E-state index contributed by atoms with van der Waals surface area (Å²) in [4.78, 5) is 2.49. The van der Waals surface area contributed by atoms with Crippen molar-refractivity contribution in [3.05, 3.63) is 0 Å². The Labute approximate surface area is 87.1 Å². The van der Waals surface area contributed by atoms with Gasteiger partial charge in [-0.1, -0.05) is 12.8 Å². The molecule has 0 aromatic rings. The summed E-state index contributed by atoms with van der Waals surface area (Å²) in [5.74, 6) is 2.91. The Hall–Kier alpha value is -0.520. The second kappa shape index (κ2) is 3.92. The Morgan fingerprint density at radius 2 is 2.43 bits per heavy atom. The predicted octanol–water partition coefficient (Wildman–Crippen LogP) is 1.08. The average Bonchev–Trinajstić information content (AvgIpc) is 2.81. The lowest BCUT2D eigenvalue weighted by atomic mass is 9.86. The van der Waals surface area contributed by atoms with Gasteiger partial charge >= 0.3 is 0 Å². The van der Waals surface area contributed by atoms with Crippen molar-refractivity contribution in [2.24, 2.45) is 5.41 Å². The van der Waals surface area contributed by atoms with E-state index in [-0.39, 0.29) is 0 Å². The van der Waals surface area contributed by atoms with E-state index in [0.717, 1.165) is 6.42 Å². The third-order valence-corrected chi connectivity index (χ3v) is 3.82. The molecule has 2 aliphatic heterocycles. The van der Waals surface area contributed by atoms with Gasteiger partial charge in [0.15, 0.2) is 0 Å². The largest absolute Gasteiger partial charge is 0.316 e. The minimum absolute atomic E-state index is 0.370. The van der Waals surface area contributed by atoms with Crippen LogP contribution in [0.15, 0.2) is 0 Å². The summed E-state index contributed by atoms with van der Waals surface area (Å²) in [6.45, 7) is 6.99. The number of nitrogens with zero attached hydrogens (tertiary/aromatic N) is 1. The van der Waals surface area contributed by atoms with Crippen molar-refractivity contribution in [1.29, 1.82) is 0 Å². The van der Waals surface area contributed by atoms with E-state index in [0.29, 0.717) is 11.5 Å². The van der Waals surface area contributed by atoms with Gasteiger partial charge in [0.25, 0.3) is 0 Å². The number of rotatable bonds is 2. The molecular formula is C12H20N2. The highest BCUT2D eigenvalue weighted by molar-refractivity contribution is 5.05. The molecule has 1 N–H and O–H groups in total. The molecule has 0 amide bonds. The molecule has 2 heterocycles. The number of likely N-dealkylation sites (tertiary alicyclic amines) is 1. The van der Waals surface area contributed by atoms with Crippen LogP contribution in [0.4, 0.5) is 0 Å². The van der Waals surface area contributed by atoms with Crippen molar-refractivity contribution >= 4 is 0 Å². The van der Waals surface area contributed by atoms with E-state index in [1.54, 1.807) is 0 Å². The van der Waals surface area contributed by atoms with Crippen LogP contribution in [0.3, 0.4) is 0 Å². The lowest BCUT2D eigenvalue weighted by Crippen LogP contribution is -2.35. The van der Waals surface area contributed by atoms with Crippen molar-refractivity contribution in [1.82, 2.24) is 10.2 Å². The summed E-state index contributed by atoms with van der Waals surface area (Å²) in [6, 6.07) is 0.370. The van der Waals surface area contributed by atoms with Gasteiger partial charge in [0, 0.05) is 13.1 Å². The van der Waals surface area contributed by atoms with Crippen molar-refractivity contribution in [2.45, 2.75) is 32.2 Å². The molecule has 0 aromatic heterocycles. The molecule has 0 radical (unpaired) electrons. The maximum Gasteiger partial charge on any atom is 0.0709 e. The van der Waals surface area contributed by atoms with Crippen molar-refractivity contribution < 1.29 is 0 Å². The second-order valence-corrected chi connectivity index (χ2v) is 4.74. The van der Waals surface area contributed by atoms with Crippen LogP contribution in [0, 0.1) is 17.8 Å². The van der Waals surface area contributed by atoms with Crippen LogP contribution in [0.1, 0.15) is 26.2 Å². The number of hydrogen-bond acceptors (Lipinski definition) is 2. The SMILES string of the molecule is C#CC(CC)N1CCC2(CCNC2)C1. The monoisotopic (exact) mass is 192 g/mol. The highest BCUT2D eigenvalue weighted by atomic mass is 15.2. The fraction of sp³-hybridized carbons (Fsp3) is 0.833. The summed E-state index contributed by atoms with van der Waals surface area (Å²) in [6.07, 6.45) is 9.30. The molecule has 2 rings (SSSR count). The summed E-state index contributed by atoms with van der Waals surface area (Å²) in [5, 5.41) is 3.47. The standard InChI is InChI=1S/C12H20N2/c1-3-11(4-2)14-8-6-12(10-14)5-7-13-9-12/h1,11,13H,4-10H2,2H3. The van der Waals surface area contributed by atoms with E-state index < -0.39 is 0 Å². The van der Waals surface area contributed by atoms with Crippen LogP contribution in [0.2, 0.25) is 0 Å². The molecule has 2 saturated heterocycles. The van der Waals surface area contributed by atoms with Crippen molar-refractivity contribution in [3.63, 3.8) is 0 Å². The molecule has 78 valence electrons. The van der Waals surface area contributed by atoms with Gasteiger partial charge in [-0.2, -0.15) is 0 Å². The van der Waals surface area contributed by atoms with E-state index in [1.807, 2.05) is 0 Å². The first-order valence-corrected chi connectivity index (χ1v) is 5.70. The minimum atomic E-state index is 0.370. The van der Waals surface area contributed by atoms with Crippen molar-refractivity contribution in [2.75, 3.05) is 26.2 Å². The smallest absolute Gasteiger partial charge is 0.0709 e. The molecule has 1 spiro atoms. The molecule has 0 aliphatic carbocycles. The number of nitrogens with one attached hydrogen (secondary N) is 1. The summed E-state index contributed by atoms with van der Waals surface area (Å²) < 4.78 is 0. The molecule has 2 aliphatic rings. The third-order valence-electron chi connectivity index (χ3n) is 3.82. The Balaban J connectivity index is 1.97. The Kier molecular flexibility index (Phi) is 2.80. The van der Waals surface area contributed by atoms with Gasteiger partial charge in [-0.25, -0.2) is 0 Å². The first-order chi connectivity index (χ1) is 6.79. The predicted molar refractivity (Wildman–Crippen MR) is 59.0 cm³/mol. The zero-order chi connectivity index (χ0) is 10.0. The van der Waals surface area contributed by atoms with E-state index in [2.05, 4.69) is 23.1 Å². The molecule has 2 nitrogen and oxygen atoms in total. The maximum atomic E-state index is 5.54. The molecule has 0 saturated carbocycles. The lowest BCUT2D eigenvalue weighted by molar-refractivity contribution is 0.241. The van der Waals surface area contributed by atoms with E-state index in [9.17, 15) is 0 Å². The zero-order valence-electron chi connectivity index (χ0n) is 9.05. The molecule has 2 atom stereocenters. The summed E-state index contributed by atoms with van der Waals surface area (Å²) in [7, 11) is 0. The molecule has 2 unspecified atom stereocenters. The molecule has 0 aromatic carbocycles. The van der Waals surface area contributed by atoms with Gasteiger partial charge in [0.05, 0.1) is 6.04 Å². The van der Waals surface area contributed by atoms with Crippen LogP contribution in [0.25, 0.3) is 0 Å². The normalized spacial score (nSPS) is 34.9. The maximum absolute atomic E-state index is 5.54. The Bertz CT molecular complexity index is 235. The van der Waals surface area contributed by atoms with E-state index in [4.69, 9.17) is 6.42 Å². The third kappa shape index (κ3) is 1.67. The number of terminal acetylenes is 1. The second-order valence-electron chi connectivity index (χ2n) is 4.74. The minimum Gasteiger partial charge on any atom is -0.316 e. The van der Waals surface area contributed by atoms with Crippen molar-refractivity contribution in [3.8, 4) is 12.3 Å². The molecular weight excluding hydrogens is 172 g/mol. The van der Waals surface area contributed by atoms with Gasteiger partial charge in [0.2, 0.25) is 0 Å². The van der Waals surface area contributed by atoms with Gasteiger partial charge in [0.1, 0.15) is 0 Å². The molecule has 0 bridgehead atoms. The molecule has 2 heteroatoms. The Morgan fingerprint density at radius 1 is 1.57 bits per heavy atom. The van der Waals surface area contributed by atoms with E-state index >= 15 is 0 Å². The van der Waals surface area contributed by atoms with Gasteiger partial charge in [-0.15, -0.1) is 6.42 Å². The van der Waals surface area contributed by atoms with Gasteiger partial charge < -0.3 is 5.32 Å². The zero-order valence-corrected chi connectivity index (χ0v) is 9.05. The fourth-order valence-electron chi connectivity index (χ4n) is 2.86. The van der Waals surface area contributed by atoms with Crippen LogP contribution in [-0.2, 0) is 0 Å². The van der Waals surface area contributed by atoms with Gasteiger partial charge in [-0.05, 0) is 37.8 Å². The van der Waals surface area contributed by atoms with Crippen LogP contribution in [-0.4, -0.2) is 37.1 Å². The summed E-state index contributed by atoms with van der Waals surface area (Å²) in [5.41, 5.74) is 0.560. The molecule has 14 heavy (non-hydrogen) atoms. The first-order valence-electron chi connectivity index (χ1n) is 5.70. The quantitative estimate of drug-likeness (QED) is 0.659. The first kappa shape index (κ1) is 10.0. The highest BCUT2D eigenvalue weighted by Gasteiger charge is 2.41. The topological polar surface area (TPSA) is 15.3 Å². The van der Waals surface area contributed by atoms with E-state index in [1.165, 1.54) is 39.0 Å². The summed E-state index contributed by atoms with van der Waals surface area (Å²) >= 11 is 0. The highest BCUT2D eigenvalue weighted by Crippen LogP contribution is 2.36. The lowest BCUT2D eigenvalue weighted by Gasteiger charge is -2.25. The van der Waals surface area contributed by atoms with Crippen LogP contribution < -0.4 is 5.32 Å². The molecule has 2 fully saturated rings. The number of hydrogen-bond donors (Lipinski definition) is 1. The Morgan fingerprint density at radius 3 is 3.00 bits per heavy atom. The fourth-order valence-corrected chi connectivity index (χ4v) is 2.86. The van der Waals surface area contributed by atoms with Crippen LogP contribution in [0.5, 0.6) is 0 Å².